The van der Waals surface area contributed by atoms with Crippen LogP contribution in [0.15, 0.2) is 51.1 Å². The lowest BCUT2D eigenvalue weighted by molar-refractivity contribution is -0.120. The van der Waals surface area contributed by atoms with E-state index in [2.05, 4.69) is 31.1 Å². The second-order valence-corrected chi connectivity index (χ2v) is 6.51. The Morgan fingerprint density at radius 2 is 2.00 bits per heavy atom. The topological polar surface area (TPSA) is 87.0 Å². The van der Waals surface area contributed by atoms with Gasteiger partial charge in [0.15, 0.2) is 12.3 Å². The van der Waals surface area contributed by atoms with Crippen LogP contribution >= 0.6 is 27.5 Å². The van der Waals surface area contributed by atoms with Gasteiger partial charge in [-0.2, -0.15) is 0 Å². The quantitative estimate of drug-likeness (QED) is 0.560. The van der Waals surface area contributed by atoms with E-state index in [0.717, 1.165) is 10.0 Å². The lowest BCUT2D eigenvalue weighted by Crippen LogP contribution is -2.07. The summed E-state index contributed by atoms with van der Waals surface area (Å²) in [7, 11) is 0. The van der Waals surface area contributed by atoms with Crippen LogP contribution in [0, 0.1) is 6.92 Å². The second kappa shape index (κ2) is 7.25. The van der Waals surface area contributed by atoms with E-state index >= 15 is 0 Å². The molecular formula is C17H13BrClN3O3. The summed E-state index contributed by atoms with van der Waals surface area (Å²) in [6, 6.07) is 10.3. The number of aromatic amines is 1. The Morgan fingerprint density at radius 3 is 2.72 bits per heavy atom. The van der Waals surface area contributed by atoms with Crippen molar-refractivity contribution in [1.82, 2.24) is 4.98 Å². The summed E-state index contributed by atoms with van der Waals surface area (Å²) >= 11 is 9.25. The fourth-order valence-electron chi connectivity index (χ4n) is 2.23. The number of amides is 1. The van der Waals surface area contributed by atoms with Crippen LogP contribution in [0.5, 0.6) is 11.6 Å². The minimum Gasteiger partial charge on any atom is -0.493 e. The molecule has 6 nitrogen and oxygen atoms in total. The Labute approximate surface area is 156 Å². The van der Waals surface area contributed by atoms with E-state index in [1.165, 1.54) is 0 Å². The molecule has 0 aliphatic carbocycles. The third-order valence-corrected chi connectivity index (χ3v) is 4.76. The van der Waals surface area contributed by atoms with Gasteiger partial charge in [-0.15, -0.1) is 10.2 Å². The van der Waals surface area contributed by atoms with E-state index < -0.39 is 5.91 Å². The number of aromatic hydroxyl groups is 1. The van der Waals surface area contributed by atoms with Crippen molar-refractivity contribution in [2.24, 2.45) is 10.2 Å². The maximum Gasteiger partial charge on any atom is 0.302 e. The Bertz CT molecular complexity index is 967. The number of hydrogen-bond donors (Lipinski definition) is 2. The van der Waals surface area contributed by atoms with Gasteiger partial charge in [0.25, 0.3) is 0 Å². The van der Waals surface area contributed by atoms with Gasteiger partial charge in [0.1, 0.15) is 5.75 Å². The predicted molar refractivity (Wildman–Crippen MR) is 98.9 cm³/mol. The molecule has 0 saturated heterocycles. The summed E-state index contributed by atoms with van der Waals surface area (Å²) in [6.07, 6.45) is 0. The molecule has 25 heavy (non-hydrogen) atoms. The first kappa shape index (κ1) is 17.4. The first-order valence-electron chi connectivity index (χ1n) is 7.28. The number of fused-ring (bicyclic) bond motifs is 1. The third kappa shape index (κ3) is 3.83. The summed E-state index contributed by atoms with van der Waals surface area (Å²) in [5.41, 5.74) is 1.86. The first-order valence-corrected chi connectivity index (χ1v) is 8.45. The van der Waals surface area contributed by atoms with Crippen molar-refractivity contribution < 1.29 is 14.6 Å². The number of nitrogens with zero attached hydrogens (tertiary/aromatic N) is 2. The van der Waals surface area contributed by atoms with Crippen LogP contribution in [0.1, 0.15) is 5.56 Å². The molecule has 0 fully saturated rings. The van der Waals surface area contributed by atoms with Crippen LogP contribution in [0.3, 0.4) is 0 Å². The van der Waals surface area contributed by atoms with Crippen molar-refractivity contribution in [3.8, 4) is 11.6 Å². The average Bonchev–Trinajstić information content (AvgIpc) is 2.92. The smallest absolute Gasteiger partial charge is 0.302 e. The molecule has 0 aliphatic rings. The second-order valence-electron chi connectivity index (χ2n) is 5.28. The predicted octanol–water partition coefficient (Wildman–Crippen LogP) is 5.29. The summed E-state index contributed by atoms with van der Waals surface area (Å²) < 4.78 is 6.09. The number of benzene rings is 2. The molecule has 0 bridgehead atoms. The number of hydrogen-bond acceptors (Lipinski definition) is 4. The summed E-state index contributed by atoms with van der Waals surface area (Å²) in [5, 5.41) is 18.7. The summed E-state index contributed by atoms with van der Waals surface area (Å²) in [4.78, 5) is 14.7. The van der Waals surface area contributed by atoms with Gasteiger partial charge in [-0.25, -0.2) is 0 Å². The molecule has 3 rings (SSSR count). The molecule has 128 valence electrons. The van der Waals surface area contributed by atoms with Crippen LogP contribution in [0.2, 0.25) is 5.02 Å². The molecule has 3 aromatic rings. The van der Waals surface area contributed by atoms with Crippen LogP contribution in [-0.2, 0) is 4.79 Å². The number of rotatable bonds is 4. The minimum absolute atomic E-state index is 0.156. The zero-order valence-corrected chi connectivity index (χ0v) is 15.4. The SMILES string of the molecule is Cc1ccc2[nH]c(O)c(N=NC(=O)COc3ccc(Cl)cc3)c2c1Br. The van der Waals surface area contributed by atoms with Crippen molar-refractivity contribution in [3.05, 3.63) is 51.5 Å². The van der Waals surface area contributed by atoms with Gasteiger partial charge < -0.3 is 14.8 Å². The molecule has 0 atom stereocenters. The highest BCUT2D eigenvalue weighted by atomic mass is 79.9. The number of azo groups is 1. The number of aromatic nitrogens is 1. The standard InChI is InChI=1S/C17H13BrClN3O3/c1-9-2-7-12-14(15(9)18)16(17(24)20-12)22-21-13(23)8-25-11-5-3-10(19)4-6-11/h2-7,20,24H,8H2,1H3. The highest BCUT2D eigenvalue weighted by Gasteiger charge is 2.15. The number of carbonyl (C=O) groups is 1. The Kier molecular flexibility index (Phi) is 5.06. The Morgan fingerprint density at radius 1 is 1.28 bits per heavy atom. The van der Waals surface area contributed by atoms with Gasteiger partial charge in [0, 0.05) is 14.9 Å². The number of H-pyrrole nitrogens is 1. The summed E-state index contributed by atoms with van der Waals surface area (Å²) in [6.45, 7) is 1.65. The van der Waals surface area contributed by atoms with Gasteiger partial charge in [-0.1, -0.05) is 17.7 Å². The average molecular weight is 423 g/mol. The van der Waals surface area contributed by atoms with Gasteiger partial charge in [0.05, 0.1) is 5.52 Å². The van der Waals surface area contributed by atoms with Crippen molar-refractivity contribution in [1.29, 1.82) is 0 Å². The monoisotopic (exact) mass is 421 g/mol. The van der Waals surface area contributed by atoms with E-state index in [-0.39, 0.29) is 18.2 Å². The zero-order valence-electron chi connectivity index (χ0n) is 13.1. The lowest BCUT2D eigenvalue weighted by Gasteiger charge is -2.02. The number of carbonyl (C=O) groups excluding carboxylic acids is 1. The highest BCUT2D eigenvalue weighted by Crippen LogP contribution is 2.41. The maximum absolute atomic E-state index is 11.9. The fourth-order valence-corrected chi connectivity index (χ4v) is 2.89. The van der Waals surface area contributed by atoms with Crippen molar-refractivity contribution in [2.45, 2.75) is 6.92 Å². The molecular weight excluding hydrogens is 410 g/mol. The van der Waals surface area contributed by atoms with Crippen LogP contribution < -0.4 is 4.74 Å². The molecule has 0 saturated carbocycles. The van der Waals surface area contributed by atoms with E-state index in [0.29, 0.717) is 21.7 Å². The largest absolute Gasteiger partial charge is 0.493 e. The van der Waals surface area contributed by atoms with Crippen molar-refractivity contribution in [3.63, 3.8) is 0 Å². The van der Waals surface area contributed by atoms with Gasteiger partial charge >= 0.3 is 5.91 Å². The van der Waals surface area contributed by atoms with Gasteiger partial charge in [-0.05, 0) is 58.7 Å². The number of aryl methyl sites for hydroxylation is 1. The molecule has 0 spiro atoms. The van der Waals surface area contributed by atoms with Crippen molar-refractivity contribution in [2.75, 3.05) is 6.61 Å². The van der Waals surface area contributed by atoms with Crippen LogP contribution in [0.25, 0.3) is 10.9 Å². The summed E-state index contributed by atoms with van der Waals surface area (Å²) in [5.74, 6) is -0.231. The van der Waals surface area contributed by atoms with E-state index in [4.69, 9.17) is 16.3 Å². The first-order chi connectivity index (χ1) is 12.0. The third-order valence-electron chi connectivity index (χ3n) is 3.49. The minimum atomic E-state index is -0.576. The molecule has 0 aliphatic heterocycles. The van der Waals surface area contributed by atoms with E-state index in [1.807, 2.05) is 19.1 Å². The zero-order chi connectivity index (χ0) is 18.0. The lowest BCUT2D eigenvalue weighted by atomic mass is 10.1. The Balaban J connectivity index is 1.76. The number of ether oxygens (including phenoxy) is 1. The molecule has 1 amide bonds. The van der Waals surface area contributed by atoms with Gasteiger partial charge in [0.2, 0.25) is 5.88 Å². The van der Waals surface area contributed by atoms with Crippen LogP contribution in [0.4, 0.5) is 5.69 Å². The van der Waals surface area contributed by atoms with E-state index in [9.17, 15) is 9.90 Å². The molecule has 2 N–H and O–H groups in total. The molecule has 8 heteroatoms. The van der Waals surface area contributed by atoms with Crippen LogP contribution in [-0.4, -0.2) is 22.6 Å². The van der Waals surface area contributed by atoms with Gasteiger partial charge in [-0.3, -0.25) is 4.79 Å². The number of halogens is 2. The molecule has 2 aromatic carbocycles. The maximum atomic E-state index is 11.9. The number of nitrogens with one attached hydrogen (secondary N) is 1. The molecule has 1 heterocycles. The fraction of sp³-hybridized carbons (Fsp3) is 0.118. The molecule has 0 radical (unpaired) electrons. The molecule has 0 unspecified atom stereocenters. The van der Waals surface area contributed by atoms with E-state index in [1.54, 1.807) is 24.3 Å². The molecule has 1 aromatic heterocycles. The normalized spacial score (nSPS) is 11.3. The Hall–Kier alpha value is -2.38. The highest BCUT2D eigenvalue weighted by molar-refractivity contribution is 9.10. The van der Waals surface area contributed by atoms with Crippen molar-refractivity contribution >= 4 is 50.0 Å².